The minimum absolute atomic E-state index is 0.0961. The third-order valence-corrected chi connectivity index (χ3v) is 4.95. The fourth-order valence-electron chi connectivity index (χ4n) is 2.29. The molecule has 26 heavy (non-hydrogen) atoms. The predicted molar refractivity (Wildman–Crippen MR) is 91.5 cm³/mol. The number of esters is 2. The van der Waals surface area contributed by atoms with Crippen LogP contribution in [0.4, 0.5) is 0 Å². The molecule has 8 nitrogen and oxygen atoms in total. The van der Waals surface area contributed by atoms with Gasteiger partial charge in [-0.25, -0.2) is 8.42 Å². The first-order valence-corrected chi connectivity index (χ1v) is 9.39. The molecular formula is C17H21NO7S. The van der Waals surface area contributed by atoms with Crippen LogP contribution in [0.5, 0.6) is 0 Å². The highest BCUT2D eigenvalue weighted by Gasteiger charge is 2.32. The molecule has 1 aliphatic heterocycles. The van der Waals surface area contributed by atoms with Crippen LogP contribution < -0.4 is 4.72 Å². The van der Waals surface area contributed by atoms with Crippen LogP contribution in [0, 0.1) is 6.92 Å². The second kappa shape index (κ2) is 8.43. The monoisotopic (exact) mass is 383 g/mol. The van der Waals surface area contributed by atoms with Crippen LogP contribution in [0.15, 0.2) is 41.3 Å². The molecule has 0 aliphatic carbocycles. The Morgan fingerprint density at radius 2 is 1.77 bits per heavy atom. The number of carbonyl (C=O) groups is 2. The topological polar surface area (TPSA) is 108 Å². The maximum atomic E-state index is 12.4. The molecule has 1 N–H and O–H groups in total. The zero-order valence-corrected chi connectivity index (χ0v) is 15.5. The van der Waals surface area contributed by atoms with Crippen molar-refractivity contribution in [1.29, 1.82) is 0 Å². The molecule has 0 bridgehead atoms. The Morgan fingerprint density at radius 1 is 1.12 bits per heavy atom. The molecule has 2 rings (SSSR count). The molecule has 9 heteroatoms. The van der Waals surface area contributed by atoms with Gasteiger partial charge in [0, 0.05) is 13.8 Å². The third-order valence-electron chi connectivity index (χ3n) is 3.52. The van der Waals surface area contributed by atoms with E-state index in [0.717, 1.165) is 5.56 Å². The first-order chi connectivity index (χ1) is 12.2. The summed E-state index contributed by atoms with van der Waals surface area (Å²) in [6, 6.07) is 6.35. The lowest BCUT2D eigenvalue weighted by atomic mass is 10.1. The normalized spacial score (nSPS) is 22.7. The standard InChI is InChI=1S/C17H21NO7S/c1-11-4-6-14(7-5-11)26(21,22)18-17-9-8-15(24-13(3)20)16(25-17)10-23-12(2)19/h4-9,15-18H,10H2,1-3H3/t15-,16+,17?/m0/s1. The summed E-state index contributed by atoms with van der Waals surface area (Å²) < 4.78 is 42.9. The van der Waals surface area contributed by atoms with Crippen LogP contribution in [-0.4, -0.2) is 45.4 Å². The Balaban J connectivity index is 2.12. The number of nitrogens with one attached hydrogen (secondary N) is 1. The Kier molecular flexibility index (Phi) is 6.52. The molecule has 0 fully saturated rings. The van der Waals surface area contributed by atoms with Crippen molar-refractivity contribution in [3.63, 3.8) is 0 Å². The molecule has 0 saturated heterocycles. The van der Waals surface area contributed by atoms with Gasteiger partial charge in [-0.05, 0) is 31.2 Å². The number of rotatable bonds is 6. The minimum atomic E-state index is -3.81. The highest BCUT2D eigenvalue weighted by atomic mass is 32.2. The molecule has 0 radical (unpaired) electrons. The van der Waals surface area contributed by atoms with Gasteiger partial charge in [0.05, 0.1) is 4.90 Å². The average Bonchev–Trinajstić information content (AvgIpc) is 2.54. The van der Waals surface area contributed by atoms with Gasteiger partial charge in [-0.1, -0.05) is 17.7 Å². The lowest BCUT2D eigenvalue weighted by molar-refractivity contribution is -0.163. The van der Waals surface area contributed by atoms with Crippen molar-refractivity contribution < 1.29 is 32.2 Å². The molecule has 1 heterocycles. The molecule has 0 amide bonds. The molecule has 0 spiro atoms. The molecule has 1 aromatic rings. The summed E-state index contributed by atoms with van der Waals surface area (Å²) in [7, 11) is -3.81. The van der Waals surface area contributed by atoms with Crippen LogP contribution in [0.3, 0.4) is 0 Å². The lowest BCUT2D eigenvalue weighted by Crippen LogP contribution is -2.47. The molecule has 0 saturated carbocycles. The Bertz CT molecular complexity index is 786. The van der Waals surface area contributed by atoms with Gasteiger partial charge in [0.1, 0.15) is 25.0 Å². The third kappa shape index (κ3) is 5.65. The fraction of sp³-hybridized carbons (Fsp3) is 0.412. The summed E-state index contributed by atoms with van der Waals surface area (Å²) in [5.41, 5.74) is 0.934. The fourth-order valence-corrected chi connectivity index (χ4v) is 3.36. The van der Waals surface area contributed by atoms with Crippen LogP contribution in [0.2, 0.25) is 0 Å². The summed E-state index contributed by atoms with van der Waals surface area (Å²) >= 11 is 0. The molecule has 3 atom stereocenters. The van der Waals surface area contributed by atoms with Crippen molar-refractivity contribution in [3.05, 3.63) is 42.0 Å². The summed E-state index contributed by atoms with van der Waals surface area (Å²) in [5, 5.41) is 0. The van der Waals surface area contributed by atoms with Crippen molar-refractivity contribution in [1.82, 2.24) is 4.72 Å². The SMILES string of the molecule is CC(=O)OC[C@H]1OC(NS(=O)(=O)c2ccc(C)cc2)C=C[C@@H]1OC(C)=O. The van der Waals surface area contributed by atoms with Crippen LogP contribution >= 0.6 is 0 Å². The summed E-state index contributed by atoms with van der Waals surface area (Å²) in [6.45, 7) is 4.14. The zero-order chi connectivity index (χ0) is 19.3. The van der Waals surface area contributed by atoms with E-state index in [9.17, 15) is 18.0 Å². The van der Waals surface area contributed by atoms with Gasteiger partial charge in [-0.15, -0.1) is 0 Å². The summed E-state index contributed by atoms with van der Waals surface area (Å²) in [6.07, 6.45) is 0.324. The number of sulfonamides is 1. The number of aryl methyl sites for hydroxylation is 1. The van der Waals surface area contributed by atoms with Gasteiger partial charge in [0.25, 0.3) is 0 Å². The largest absolute Gasteiger partial charge is 0.463 e. The first-order valence-electron chi connectivity index (χ1n) is 7.91. The Hall–Kier alpha value is -2.23. The molecule has 1 aromatic carbocycles. The van der Waals surface area contributed by atoms with Crippen LogP contribution in [-0.2, 0) is 33.8 Å². The average molecular weight is 383 g/mol. The number of hydrogen-bond donors (Lipinski definition) is 1. The van der Waals surface area contributed by atoms with Gasteiger partial charge in [0.15, 0.2) is 0 Å². The van der Waals surface area contributed by atoms with E-state index in [1.54, 1.807) is 12.1 Å². The lowest BCUT2D eigenvalue weighted by Gasteiger charge is -2.31. The van der Waals surface area contributed by atoms with Crippen molar-refractivity contribution in [2.45, 2.75) is 44.1 Å². The van der Waals surface area contributed by atoms with Gasteiger partial charge >= 0.3 is 11.9 Å². The van der Waals surface area contributed by atoms with E-state index in [2.05, 4.69) is 4.72 Å². The second-order valence-electron chi connectivity index (χ2n) is 5.79. The highest BCUT2D eigenvalue weighted by Crippen LogP contribution is 2.18. The van der Waals surface area contributed by atoms with Crippen LogP contribution in [0.1, 0.15) is 19.4 Å². The number of benzene rings is 1. The van der Waals surface area contributed by atoms with Crippen molar-refractivity contribution in [3.8, 4) is 0 Å². The first kappa shape index (κ1) is 20.1. The van der Waals surface area contributed by atoms with E-state index in [1.807, 2.05) is 6.92 Å². The Morgan fingerprint density at radius 3 is 2.35 bits per heavy atom. The van der Waals surface area contributed by atoms with Gasteiger partial charge in [-0.2, -0.15) is 4.72 Å². The van der Waals surface area contributed by atoms with E-state index >= 15 is 0 Å². The zero-order valence-electron chi connectivity index (χ0n) is 14.7. The van der Waals surface area contributed by atoms with E-state index in [4.69, 9.17) is 14.2 Å². The molecule has 1 aliphatic rings. The Labute approximate surface area is 152 Å². The van der Waals surface area contributed by atoms with E-state index in [1.165, 1.54) is 38.1 Å². The van der Waals surface area contributed by atoms with E-state index in [-0.39, 0.29) is 11.5 Å². The van der Waals surface area contributed by atoms with Gasteiger partial charge < -0.3 is 14.2 Å². The van der Waals surface area contributed by atoms with Gasteiger partial charge in [-0.3, -0.25) is 9.59 Å². The van der Waals surface area contributed by atoms with Gasteiger partial charge in [0.2, 0.25) is 10.0 Å². The number of ether oxygens (including phenoxy) is 3. The quantitative estimate of drug-likeness (QED) is 0.578. The van der Waals surface area contributed by atoms with E-state index < -0.39 is 40.4 Å². The molecule has 0 aromatic heterocycles. The highest BCUT2D eigenvalue weighted by molar-refractivity contribution is 7.89. The smallest absolute Gasteiger partial charge is 0.303 e. The minimum Gasteiger partial charge on any atom is -0.463 e. The summed E-state index contributed by atoms with van der Waals surface area (Å²) in [5.74, 6) is -1.06. The predicted octanol–water partition coefficient (Wildman–Crippen LogP) is 1.05. The molecule has 1 unspecified atom stereocenters. The number of hydrogen-bond acceptors (Lipinski definition) is 7. The van der Waals surface area contributed by atoms with Crippen molar-refractivity contribution in [2.75, 3.05) is 6.61 Å². The van der Waals surface area contributed by atoms with Crippen molar-refractivity contribution in [2.24, 2.45) is 0 Å². The maximum Gasteiger partial charge on any atom is 0.303 e. The summed E-state index contributed by atoms with van der Waals surface area (Å²) in [4.78, 5) is 22.3. The maximum absolute atomic E-state index is 12.4. The van der Waals surface area contributed by atoms with Crippen LogP contribution in [0.25, 0.3) is 0 Å². The second-order valence-corrected chi connectivity index (χ2v) is 7.50. The van der Waals surface area contributed by atoms with E-state index in [0.29, 0.717) is 0 Å². The van der Waals surface area contributed by atoms with Crippen molar-refractivity contribution >= 4 is 22.0 Å². The number of carbonyl (C=O) groups excluding carboxylic acids is 2. The molecular weight excluding hydrogens is 362 g/mol. The molecule has 142 valence electrons.